The number of hydrogen-bond donors (Lipinski definition) is 1. The van der Waals surface area contributed by atoms with Crippen LogP contribution < -0.4 is 10.1 Å². The Labute approximate surface area is 123 Å². The van der Waals surface area contributed by atoms with Crippen molar-refractivity contribution in [3.05, 3.63) is 58.8 Å². The van der Waals surface area contributed by atoms with Crippen LogP contribution in [0.4, 0.5) is 5.69 Å². The van der Waals surface area contributed by atoms with E-state index in [1.807, 2.05) is 6.07 Å². The molecule has 1 heterocycles. The molecule has 1 atom stereocenters. The highest BCUT2D eigenvalue weighted by Gasteiger charge is 2.07. The Kier molecular flexibility index (Phi) is 3.61. The molecule has 102 valence electrons. The summed E-state index contributed by atoms with van der Waals surface area (Å²) in [6.07, 6.45) is 0. The van der Waals surface area contributed by atoms with Crippen LogP contribution in [-0.4, -0.2) is 7.11 Å². The minimum Gasteiger partial charge on any atom is -0.497 e. The molecule has 0 aliphatic heterocycles. The first kappa shape index (κ1) is 13.0. The Bertz CT molecular complexity index is 706. The highest BCUT2D eigenvalue weighted by atomic mass is 32.1. The van der Waals surface area contributed by atoms with E-state index in [-0.39, 0.29) is 6.04 Å². The zero-order valence-corrected chi connectivity index (χ0v) is 12.4. The standard InChI is InChI=1S/C17H17NOS/c1-12(18-16-7-8-20-11-16)13-3-4-15-10-17(19-2)6-5-14(15)9-13/h3-12,18H,1-2H3. The van der Waals surface area contributed by atoms with Crippen LogP contribution in [0.2, 0.25) is 0 Å². The van der Waals surface area contributed by atoms with Crippen LogP contribution in [0.25, 0.3) is 10.8 Å². The summed E-state index contributed by atoms with van der Waals surface area (Å²) in [6, 6.07) is 15.1. The van der Waals surface area contributed by atoms with E-state index in [9.17, 15) is 0 Å². The van der Waals surface area contributed by atoms with Crippen LogP contribution in [0.5, 0.6) is 5.75 Å². The largest absolute Gasteiger partial charge is 0.497 e. The van der Waals surface area contributed by atoms with Crippen LogP contribution in [0.15, 0.2) is 53.2 Å². The molecular formula is C17H17NOS. The Morgan fingerprint density at radius 3 is 2.60 bits per heavy atom. The number of rotatable bonds is 4. The maximum atomic E-state index is 5.26. The molecule has 0 saturated heterocycles. The highest BCUT2D eigenvalue weighted by molar-refractivity contribution is 7.08. The van der Waals surface area contributed by atoms with Gasteiger partial charge in [0.2, 0.25) is 0 Å². The molecule has 1 N–H and O–H groups in total. The van der Waals surface area contributed by atoms with Gasteiger partial charge in [0, 0.05) is 17.1 Å². The molecule has 0 fully saturated rings. The van der Waals surface area contributed by atoms with E-state index < -0.39 is 0 Å². The van der Waals surface area contributed by atoms with Gasteiger partial charge in [0.1, 0.15) is 5.75 Å². The predicted molar refractivity (Wildman–Crippen MR) is 86.9 cm³/mol. The lowest BCUT2D eigenvalue weighted by atomic mass is 10.0. The van der Waals surface area contributed by atoms with Crippen molar-refractivity contribution < 1.29 is 4.74 Å². The Morgan fingerprint density at radius 2 is 1.85 bits per heavy atom. The van der Waals surface area contributed by atoms with E-state index in [1.54, 1.807) is 18.4 Å². The number of anilines is 1. The molecular weight excluding hydrogens is 266 g/mol. The normalized spacial score (nSPS) is 12.3. The van der Waals surface area contributed by atoms with Crippen LogP contribution >= 0.6 is 11.3 Å². The number of benzene rings is 2. The van der Waals surface area contributed by atoms with Crippen LogP contribution in [-0.2, 0) is 0 Å². The molecule has 0 aliphatic rings. The highest BCUT2D eigenvalue weighted by Crippen LogP contribution is 2.26. The second-order valence-electron chi connectivity index (χ2n) is 4.85. The van der Waals surface area contributed by atoms with Crippen molar-refractivity contribution in [1.82, 2.24) is 0 Å². The van der Waals surface area contributed by atoms with E-state index in [0.29, 0.717) is 0 Å². The SMILES string of the molecule is COc1ccc2cc(C(C)Nc3ccsc3)ccc2c1. The van der Waals surface area contributed by atoms with E-state index >= 15 is 0 Å². The van der Waals surface area contributed by atoms with Gasteiger partial charge in [0.05, 0.1) is 7.11 Å². The first-order chi connectivity index (χ1) is 9.76. The molecule has 2 nitrogen and oxygen atoms in total. The molecule has 1 aromatic heterocycles. The summed E-state index contributed by atoms with van der Waals surface area (Å²) in [6.45, 7) is 2.18. The van der Waals surface area contributed by atoms with Crippen molar-refractivity contribution in [2.24, 2.45) is 0 Å². The summed E-state index contributed by atoms with van der Waals surface area (Å²) in [5.74, 6) is 0.898. The molecule has 0 radical (unpaired) electrons. The maximum Gasteiger partial charge on any atom is 0.119 e. The van der Waals surface area contributed by atoms with Crippen LogP contribution in [0, 0.1) is 0 Å². The second-order valence-corrected chi connectivity index (χ2v) is 5.63. The van der Waals surface area contributed by atoms with Gasteiger partial charge in [-0.25, -0.2) is 0 Å². The molecule has 0 bridgehead atoms. The zero-order valence-electron chi connectivity index (χ0n) is 11.6. The molecule has 3 aromatic rings. The summed E-state index contributed by atoms with van der Waals surface area (Å²) in [5, 5.41) is 10.2. The fourth-order valence-electron chi connectivity index (χ4n) is 2.32. The van der Waals surface area contributed by atoms with E-state index in [1.165, 1.54) is 22.0 Å². The van der Waals surface area contributed by atoms with Crippen molar-refractivity contribution in [1.29, 1.82) is 0 Å². The number of ether oxygens (including phenoxy) is 1. The molecule has 1 unspecified atom stereocenters. The molecule has 20 heavy (non-hydrogen) atoms. The second kappa shape index (κ2) is 5.55. The number of hydrogen-bond acceptors (Lipinski definition) is 3. The van der Waals surface area contributed by atoms with Crippen molar-refractivity contribution in [3.63, 3.8) is 0 Å². The van der Waals surface area contributed by atoms with Gasteiger partial charge in [-0.1, -0.05) is 18.2 Å². The molecule has 2 aromatic carbocycles. The Balaban J connectivity index is 1.88. The summed E-state index contributed by atoms with van der Waals surface area (Å²) in [7, 11) is 1.70. The fourth-order valence-corrected chi connectivity index (χ4v) is 2.92. The van der Waals surface area contributed by atoms with Crippen LogP contribution in [0.3, 0.4) is 0 Å². The van der Waals surface area contributed by atoms with Gasteiger partial charge in [0.25, 0.3) is 0 Å². The van der Waals surface area contributed by atoms with Crippen molar-refractivity contribution in [3.8, 4) is 5.75 Å². The Hall–Kier alpha value is -2.00. The van der Waals surface area contributed by atoms with Gasteiger partial charge in [-0.15, -0.1) is 0 Å². The third kappa shape index (κ3) is 2.63. The lowest BCUT2D eigenvalue weighted by molar-refractivity contribution is 0.415. The molecule has 3 heteroatoms. The summed E-state index contributed by atoms with van der Waals surface area (Å²) < 4.78 is 5.26. The van der Waals surface area contributed by atoms with Crippen LogP contribution in [0.1, 0.15) is 18.5 Å². The summed E-state index contributed by atoms with van der Waals surface area (Å²) in [5.41, 5.74) is 2.46. The fraction of sp³-hybridized carbons (Fsp3) is 0.176. The Morgan fingerprint density at radius 1 is 1.05 bits per heavy atom. The lowest BCUT2D eigenvalue weighted by Gasteiger charge is -2.15. The van der Waals surface area contributed by atoms with E-state index in [0.717, 1.165) is 5.75 Å². The van der Waals surface area contributed by atoms with Gasteiger partial charge < -0.3 is 10.1 Å². The van der Waals surface area contributed by atoms with Gasteiger partial charge in [-0.05, 0) is 52.9 Å². The molecule has 0 saturated carbocycles. The lowest BCUT2D eigenvalue weighted by Crippen LogP contribution is -2.05. The molecule has 0 amide bonds. The number of methoxy groups -OCH3 is 1. The van der Waals surface area contributed by atoms with E-state index in [4.69, 9.17) is 4.74 Å². The molecule has 0 spiro atoms. The third-order valence-corrected chi connectivity index (χ3v) is 4.16. The smallest absolute Gasteiger partial charge is 0.119 e. The topological polar surface area (TPSA) is 21.3 Å². The third-order valence-electron chi connectivity index (χ3n) is 3.48. The van der Waals surface area contributed by atoms with Gasteiger partial charge in [0.15, 0.2) is 0 Å². The van der Waals surface area contributed by atoms with Crippen molar-refractivity contribution >= 4 is 27.8 Å². The monoisotopic (exact) mass is 283 g/mol. The average Bonchev–Trinajstić information content (AvgIpc) is 2.99. The van der Waals surface area contributed by atoms with Crippen molar-refractivity contribution in [2.45, 2.75) is 13.0 Å². The minimum absolute atomic E-state index is 0.288. The maximum absolute atomic E-state index is 5.26. The minimum atomic E-state index is 0.288. The first-order valence-corrected chi connectivity index (χ1v) is 7.57. The van der Waals surface area contributed by atoms with E-state index in [2.05, 4.69) is 59.4 Å². The van der Waals surface area contributed by atoms with Gasteiger partial charge in [-0.2, -0.15) is 11.3 Å². The first-order valence-electron chi connectivity index (χ1n) is 6.63. The molecule has 0 aliphatic carbocycles. The predicted octanol–water partition coefficient (Wildman–Crippen LogP) is 5.08. The number of fused-ring (bicyclic) bond motifs is 1. The zero-order chi connectivity index (χ0) is 13.9. The number of thiophene rings is 1. The number of nitrogens with one attached hydrogen (secondary N) is 1. The van der Waals surface area contributed by atoms with Gasteiger partial charge in [-0.3, -0.25) is 0 Å². The van der Waals surface area contributed by atoms with Crippen molar-refractivity contribution in [2.75, 3.05) is 12.4 Å². The molecule has 3 rings (SSSR count). The summed E-state index contributed by atoms with van der Waals surface area (Å²) in [4.78, 5) is 0. The quantitative estimate of drug-likeness (QED) is 0.720. The summed E-state index contributed by atoms with van der Waals surface area (Å²) >= 11 is 1.71. The average molecular weight is 283 g/mol. The van der Waals surface area contributed by atoms with Gasteiger partial charge >= 0.3 is 0 Å².